The van der Waals surface area contributed by atoms with E-state index in [0.717, 1.165) is 0 Å². The summed E-state index contributed by atoms with van der Waals surface area (Å²) in [6.07, 6.45) is -0.841. The second-order valence-corrected chi connectivity index (χ2v) is 5.17. The molecule has 1 unspecified atom stereocenters. The lowest BCUT2D eigenvalue weighted by Gasteiger charge is -2.21. The first-order valence-electron chi connectivity index (χ1n) is 7.83. The van der Waals surface area contributed by atoms with Gasteiger partial charge in [-0.05, 0) is 26.0 Å². The van der Waals surface area contributed by atoms with Gasteiger partial charge in [0.15, 0.2) is 6.10 Å². The van der Waals surface area contributed by atoms with Crippen molar-refractivity contribution in [1.82, 2.24) is 10.6 Å². The van der Waals surface area contributed by atoms with E-state index in [2.05, 4.69) is 10.6 Å². The van der Waals surface area contributed by atoms with Crippen molar-refractivity contribution in [2.75, 3.05) is 19.8 Å². The summed E-state index contributed by atoms with van der Waals surface area (Å²) in [4.78, 5) is 35.4. The molecule has 0 fully saturated rings. The molecule has 1 heterocycles. The number of para-hydroxylation sites is 1. The first-order valence-corrected chi connectivity index (χ1v) is 7.83. The van der Waals surface area contributed by atoms with Crippen molar-refractivity contribution in [2.45, 2.75) is 20.0 Å². The van der Waals surface area contributed by atoms with Crippen LogP contribution in [0.25, 0.3) is 0 Å². The van der Waals surface area contributed by atoms with Crippen molar-refractivity contribution in [3.8, 4) is 5.75 Å². The molecule has 0 spiro atoms. The van der Waals surface area contributed by atoms with Crippen LogP contribution in [-0.4, -0.2) is 43.8 Å². The van der Waals surface area contributed by atoms with E-state index in [1.165, 1.54) is 0 Å². The summed E-state index contributed by atoms with van der Waals surface area (Å²) < 4.78 is 15.5. The number of esters is 2. The maximum atomic E-state index is 12.1. The van der Waals surface area contributed by atoms with Crippen LogP contribution in [0.5, 0.6) is 5.75 Å². The molecule has 1 aromatic rings. The van der Waals surface area contributed by atoms with E-state index in [4.69, 9.17) is 14.2 Å². The first kappa shape index (κ1) is 18.3. The van der Waals surface area contributed by atoms with E-state index in [1.807, 2.05) is 6.07 Å². The number of benzene rings is 1. The van der Waals surface area contributed by atoms with E-state index < -0.39 is 24.1 Å². The molecule has 2 rings (SSSR count). The Morgan fingerprint density at radius 3 is 2.60 bits per heavy atom. The summed E-state index contributed by atoms with van der Waals surface area (Å²) in [7, 11) is 0. The average Bonchev–Trinajstić information content (AvgIpc) is 2.60. The highest BCUT2D eigenvalue weighted by Gasteiger charge is 2.25. The first-order chi connectivity index (χ1) is 12.0. The second kappa shape index (κ2) is 8.72. The molecule has 2 N–H and O–H groups in total. The standard InChI is InChI=1S/C17H20N2O6/c1-3-23-16(21)13-9-18-17(22)19-14(13)10-24-15(20)11(2)25-12-7-5-4-6-8-12/h4-8,11H,3,9-10H2,1-2H3,(H2,18,19,22). The minimum atomic E-state index is -0.841. The molecule has 2 amide bonds. The Labute approximate surface area is 145 Å². The molecule has 8 heteroatoms. The van der Waals surface area contributed by atoms with Crippen molar-refractivity contribution >= 4 is 18.0 Å². The minimum absolute atomic E-state index is 0.00756. The van der Waals surface area contributed by atoms with Gasteiger partial charge in [0, 0.05) is 0 Å². The lowest BCUT2D eigenvalue weighted by molar-refractivity contribution is -0.150. The van der Waals surface area contributed by atoms with Crippen molar-refractivity contribution in [3.63, 3.8) is 0 Å². The van der Waals surface area contributed by atoms with Crippen LogP contribution >= 0.6 is 0 Å². The summed E-state index contributed by atoms with van der Waals surface area (Å²) in [5.74, 6) is -0.657. The van der Waals surface area contributed by atoms with Crippen LogP contribution in [-0.2, 0) is 19.1 Å². The topological polar surface area (TPSA) is 103 Å². The molecule has 1 aromatic carbocycles. The van der Waals surface area contributed by atoms with Crippen LogP contribution in [0.1, 0.15) is 13.8 Å². The van der Waals surface area contributed by atoms with E-state index in [-0.39, 0.29) is 31.0 Å². The van der Waals surface area contributed by atoms with Gasteiger partial charge in [-0.25, -0.2) is 14.4 Å². The summed E-state index contributed by atoms with van der Waals surface area (Å²) in [6.45, 7) is 3.17. The molecular weight excluding hydrogens is 328 g/mol. The number of carbonyl (C=O) groups is 3. The van der Waals surface area contributed by atoms with Crippen LogP contribution in [0.15, 0.2) is 41.6 Å². The number of nitrogens with one attached hydrogen (secondary N) is 2. The SMILES string of the molecule is CCOC(=O)C1=C(COC(=O)C(C)Oc2ccccc2)NC(=O)NC1. The van der Waals surface area contributed by atoms with Crippen LogP contribution in [0, 0.1) is 0 Å². The van der Waals surface area contributed by atoms with Crippen LogP contribution in [0.4, 0.5) is 4.79 Å². The number of rotatable bonds is 7. The molecule has 0 saturated carbocycles. The lowest BCUT2D eigenvalue weighted by atomic mass is 10.2. The van der Waals surface area contributed by atoms with Crippen molar-refractivity contribution in [1.29, 1.82) is 0 Å². The Balaban J connectivity index is 1.97. The predicted molar refractivity (Wildman–Crippen MR) is 87.7 cm³/mol. The fourth-order valence-electron chi connectivity index (χ4n) is 2.08. The van der Waals surface area contributed by atoms with Gasteiger partial charge in [-0.2, -0.15) is 0 Å². The van der Waals surface area contributed by atoms with Gasteiger partial charge in [-0.1, -0.05) is 18.2 Å². The Morgan fingerprint density at radius 1 is 1.20 bits per heavy atom. The van der Waals surface area contributed by atoms with Crippen molar-refractivity contribution < 1.29 is 28.6 Å². The molecule has 1 atom stereocenters. The maximum Gasteiger partial charge on any atom is 0.347 e. The van der Waals surface area contributed by atoms with Gasteiger partial charge in [-0.3, -0.25) is 0 Å². The van der Waals surface area contributed by atoms with Gasteiger partial charge in [0.05, 0.1) is 24.4 Å². The number of ether oxygens (including phenoxy) is 3. The van der Waals surface area contributed by atoms with Gasteiger partial charge in [0.1, 0.15) is 12.4 Å². The molecule has 134 valence electrons. The number of amides is 2. The molecular formula is C17H20N2O6. The molecule has 8 nitrogen and oxygen atoms in total. The highest BCUT2D eigenvalue weighted by atomic mass is 16.6. The van der Waals surface area contributed by atoms with Crippen molar-refractivity contribution in [3.05, 3.63) is 41.6 Å². The Kier molecular flexibility index (Phi) is 6.39. The third kappa shape index (κ3) is 5.23. The molecule has 25 heavy (non-hydrogen) atoms. The number of carbonyl (C=O) groups excluding carboxylic acids is 3. The zero-order valence-corrected chi connectivity index (χ0v) is 14.0. The van der Waals surface area contributed by atoms with E-state index >= 15 is 0 Å². The Morgan fingerprint density at radius 2 is 1.92 bits per heavy atom. The van der Waals surface area contributed by atoms with Gasteiger partial charge >= 0.3 is 18.0 Å². The number of hydrogen-bond acceptors (Lipinski definition) is 6. The zero-order valence-electron chi connectivity index (χ0n) is 14.0. The summed E-state index contributed by atoms with van der Waals surface area (Å²) in [6, 6.07) is 8.37. The van der Waals surface area contributed by atoms with E-state index in [9.17, 15) is 14.4 Å². The molecule has 0 radical (unpaired) electrons. The zero-order chi connectivity index (χ0) is 18.2. The Bertz CT molecular complexity index is 671. The average molecular weight is 348 g/mol. The van der Waals surface area contributed by atoms with Gasteiger partial charge in [-0.15, -0.1) is 0 Å². The van der Waals surface area contributed by atoms with Crippen LogP contribution < -0.4 is 15.4 Å². The van der Waals surface area contributed by atoms with Crippen LogP contribution in [0.2, 0.25) is 0 Å². The second-order valence-electron chi connectivity index (χ2n) is 5.17. The molecule has 0 aromatic heterocycles. The fourth-order valence-corrected chi connectivity index (χ4v) is 2.08. The third-order valence-corrected chi connectivity index (χ3v) is 3.32. The minimum Gasteiger partial charge on any atom is -0.479 e. The van der Waals surface area contributed by atoms with Crippen LogP contribution in [0.3, 0.4) is 0 Å². The smallest absolute Gasteiger partial charge is 0.347 e. The monoisotopic (exact) mass is 348 g/mol. The molecule has 0 bridgehead atoms. The van der Waals surface area contributed by atoms with E-state index in [0.29, 0.717) is 5.75 Å². The number of hydrogen-bond donors (Lipinski definition) is 2. The summed E-state index contributed by atoms with van der Waals surface area (Å²) in [5, 5.41) is 4.93. The van der Waals surface area contributed by atoms with Gasteiger partial charge < -0.3 is 24.8 Å². The summed E-state index contributed by atoms with van der Waals surface area (Å²) in [5.41, 5.74) is 0.411. The quantitative estimate of drug-likeness (QED) is 0.716. The van der Waals surface area contributed by atoms with Crippen molar-refractivity contribution in [2.24, 2.45) is 0 Å². The Hall–Kier alpha value is -3.03. The lowest BCUT2D eigenvalue weighted by Crippen LogP contribution is -2.45. The largest absolute Gasteiger partial charge is 0.479 e. The third-order valence-electron chi connectivity index (χ3n) is 3.32. The normalized spacial score (nSPS) is 14.9. The van der Waals surface area contributed by atoms with Gasteiger partial charge in [0.25, 0.3) is 0 Å². The molecule has 0 saturated heterocycles. The number of urea groups is 1. The fraction of sp³-hybridized carbons (Fsp3) is 0.353. The predicted octanol–water partition coefficient (Wildman–Crippen LogP) is 1.13. The van der Waals surface area contributed by atoms with Gasteiger partial charge in [0.2, 0.25) is 0 Å². The van der Waals surface area contributed by atoms with E-state index in [1.54, 1.807) is 38.1 Å². The maximum absolute atomic E-state index is 12.1. The molecule has 1 aliphatic rings. The highest BCUT2D eigenvalue weighted by molar-refractivity contribution is 5.93. The summed E-state index contributed by atoms with van der Waals surface area (Å²) >= 11 is 0. The molecule has 1 aliphatic heterocycles. The highest BCUT2D eigenvalue weighted by Crippen LogP contribution is 2.13. The molecule has 0 aliphatic carbocycles.